The van der Waals surface area contributed by atoms with Gasteiger partial charge >= 0.3 is 0 Å². The molecule has 0 saturated carbocycles. The molecule has 0 aromatic heterocycles. The fourth-order valence-electron chi connectivity index (χ4n) is 7.80. The number of hydrogen-bond donors (Lipinski definition) is 0. The van der Waals surface area contributed by atoms with Gasteiger partial charge in [0.25, 0.3) is 0 Å². The van der Waals surface area contributed by atoms with Crippen LogP contribution in [-0.4, -0.2) is 0 Å². The van der Waals surface area contributed by atoms with Gasteiger partial charge in [-0.2, -0.15) is 0 Å². The highest BCUT2D eigenvalue weighted by Crippen LogP contribution is 2.42. The quantitative estimate of drug-likeness (QED) is 0.122. The lowest BCUT2D eigenvalue weighted by molar-refractivity contribution is 0.439. The molecule has 8 aromatic rings. The molecule has 2 heteroatoms. The Kier molecular flexibility index (Phi) is 14.8. The summed E-state index contributed by atoms with van der Waals surface area (Å²) in [5, 5.41) is 4.93. The Hall–Kier alpha value is -6.12. The SMILES string of the molecule is CC.CCC(C)(CC)c1ccc(N(c2ccc(-c3ccc(N(c4ccccc4)c4ccc5ccccc5c4)cc3)cc2)c2cccc3ccccc23)cc1.CCCCC. The molecule has 0 unspecified atom stereocenters. The largest absolute Gasteiger partial charge is 0.310 e. The van der Waals surface area contributed by atoms with E-state index in [-0.39, 0.29) is 5.41 Å². The van der Waals surface area contributed by atoms with Crippen LogP contribution in [0.4, 0.5) is 34.1 Å². The molecule has 0 radical (unpaired) electrons. The Labute approximate surface area is 354 Å². The molecular formula is C57H62N2. The lowest BCUT2D eigenvalue weighted by Gasteiger charge is -2.30. The van der Waals surface area contributed by atoms with Crippen LogP contribution in [0.25, 0.3) is 32.7 Å². The van der Waals surface area contributed by atoms with Crippen molar-refractivity contribution in [1.29, 1.82) is 0 Å². The molecule has 300 valence electrons. The van der Waals surface area contributed by atoms with Crippen molar-refractivity contribution in [3.05, 3.63) is 194 Å². The van der Waals surface area contributed by atoms with Crippen LogP contribution >= 0.6 is 0 Å². The maximum Gasteiger partial charge on any atom is 0.0540 e. The van der Waals surface area contributed by atoms with E-state index < -0.39 is 0 Å². The van der Waals surface area contributed by atoms with E-state index in [0.29, 0.717) is 0 Å². The zero-order chi connectivity index (χ0) is 41.6. The number of fused-ring (bicyclic) bond motifs is 2. The first kappa shape index (κ1) is 42.5. The summed E-state index contributed by atoms with van der Waals surface area (Å²) < 4.78 is 0. The van der Waals surface area contributed by atoms with Gasteiger partial charge in [0.2, 0.25) is 0 Å². The Morgan fingerprint density at radius 2 is 0.847 bits per heavy atom. The molecule has 0 N–H and O–H groups in total. The first-order valence-electron chi connectivity index (χ1n) is 21.9. The third-order valence-electron chi connectivity index (χ3n) is 11.7. The highest BCUT2D eigenvalue weighted by Gasteiger charge is 2.23. The van der Waals surface area contributed by atoms with E-state index in [4.69, 9.17) is 0 Å². The first-order valence-corrected chi connectivity index (χ1v) is 21.9. The van der Waals surface area contributed by atoms with E-state index in [0.717, 1.165) is 41.3 Å². The lowest BCUT2D eigenvalue weighted by Crippen LogP contribution is -2.19. The highest BCUT2D eigenvalue weighted by atomic mass is 15.1. The predicted molar refractivity (Wildman–Crippen MR) is 261 cm³/mol. The van der Waals surface area contributed by atoms with Crippen molar-refractivity contribution in [1.82, 2.24) is 0 Å². The summed E-state index contributed by atoms with van der Waals surface area (Å²) in [4.78, 5) is 4.73. The molecule has 0 heterocycles. The maximum atomic E-state index is 2.40. The van der Waals surface area contributed by atoms with Gasteiger partial charge in [-0.25, -0.2) is 0 Å². The summed E-state index contributed by atoms with van der Waals surface area (Å²) in [6, 6.07) is 68.3. The Balaban J connectivity index is 0.000000779. The van der Waals surface area contributed by atoms with Crippen molar-refractivity contribution < 1.29 is 0 Å². The minimum Gasteiger partial charge on any atom is -0.310 e. The number of para-hydroxylation sites is 1. The number of anilines is 6. The molecule has 0 aliphatic heterocycles. The number of unbranched alkanes of at least 4 members (excludes halogenated alkanes) is 2. The monoisotopic (exact) mass is 774 g/mol. The third kappa shape index (κ3) is 9.78. The van der Waals surface area contributed by atoms with E-state index in [1.54, 1.807) is 0 Å². The van der Waals surface area contributed by atoms with Crippen molar-refractivity contribution in [2.75, 3.05) is 9.80 Å². The van der Waals surface area contributed by atoms with Gasteiger partial charge < -0.3 is 9.80 Å². The predicted octanol–water partition coefficient (Wildman–Crippen LogP) is 17.9. The molecule has 0 atom stereocenters. The van der Waals surface area contributed by atoms with E-state index >= 15 is 0 Å². The third-order valence-corrected chi connectivity index (χ3v) is 11.7. The van der Waals surface area contributed by atoms with Gasteiger partial charge in [0.1, 0.15) is 0 Å². The minimum atomic E-state index is 0.174. The van der Waals surface area contributed by atoms with Crippen LogP contribution in [0.5, 0.6) is 0 Å². The van der Waals surface area contributed by atoms with Gasteiger partial charge in [0.15, 0.2) is 0 Å². The van der Waals surface area contributed by atoms with E-state index in [9.17, 15) is 0 Å². The van der Waals surface area contributed by atoms with E-state index in [2.05, 4.69) is 232 Å². The van der Waals surface area contributed by atoms with Gasteiger partial charge in [0.05, 0.1) is 5.69 Å². The summed E-state index contributed by atoms with van der Waals surface area (Å²) in [5.41, 5.74) is 10.8. The topological polar surface area (TPSA) is 6.48 Å². The highest BCUT2D eigenvalue weighted by molar-refractivity contribution is 5.99. The summed E-state index contributed by atoms with van der Waals surface area (Å²) in [5.74, 6) is 0. The van der Waals surface area contributed by atoms with E-state index in [1.807, 2.05) is 13.8 Å². The molecule has 8 aromatic carbocycles. The summed E-state index contributed by atoms with van der Waals surface area (Å²) in [6.07, 6.45) is 6.31. The van der Waals surface area contributed by atoms with Crippen molar-refractivity contribution in [2.24, 2.45) is 0 Å². The molecule has 0 spiro atoms. The maximum absolute atomic E-state index is 2.40. The van der Waals surface area contributed by atoms with Gasteiger partial charge in [-0.3, -0.25) is 0 Å². The van der Waals surface area contributed by atoms with Crippen molar-refractivity contribution in [3.63, 3.8) is 0 Å². The average Bonchev–Trinajstić information content (AvgIpc) is 3.31. The molecule has 0 saturated heterocycles. The molecule has 0 amide bonds. The number of hydrogen-bond acceptors (Lipinski definition) is 2. The average molecular weight is 775 g/mol. The standard InChI is InChI=1S/C50H44N2.C5H12.C2H6/c1-4-50(3,5-2)42-27-34-46(35-28-42)52(49-21-13-17-40-15-11-12-20-48(40)49)45-31-24-39(25-32-45)38-22-29-44(30-23-38)51(43-18-7-6-8-19-43)47-33-26-37-14-9-10-16-41(37)36-47;1-3-5-4-2;1-2/h6-36H,4-5H2,1-3H3;3-5H2,1-2H3;1-2H3. The summed E-state index contributed by atoms with van der Waals surface area (Å²) in [7, 11) is 0. The zero-order valence-corrected chi connectivity index (χ0v) is 36.3. The Morgan fingerprint density at radius 3 is 1.41 bits per heavy atom. The van der Waals surface area contributed by atoms with Crippen molar-refractivity contribution in [3.8, 4) is 11.1 Å². The van der Waals surface area contributed by atoms with Crippen LogP contribution in [0, 0.1) is 0 Å². The fraction of sp³-hybridized carbons (Fsp3) is 0.228. The minimum absolute atomic E-state index is 0.174. The second-order valence-corrected chi connectivity index (χ2v) is 15.3. The normalized spacial score (nSPS) is 11.0. The van der Waals surface area contributed by atoms with Crippen LogP contribution in [0.1, 0.15) is 86.1 Å². The second-order valence-electron chi connectivity index (χ2n) is 15.3. The van der Waals surface area contributed by atoms with Gasteiger partial charge in [0, 0.05) is 33.8 Å². The second kappa shape index (κ2) is 20.5. The molecule has 2 nitrogen and oxygen atoms in total. The fourth-order valence-corrected chi connectivity index (χ4v) is 7.80. The molecule has 0 bridgehead atoms. The smallest absolute Gasteiger partial charge is 0.0540 e. The van der Waals surface area contributed by atoms with Crippen LogP contribution in [0.2, 0.25) is 0 Å². The molecule has 59 heavy (non-hydrogen) atoms. The van der Waals surface area contributed by atoms with Crippen LogP contribution in [-0.2, 0) is 5.41 Å². The van der Waals surface area contributed by atoms with Crippen LogP contribution in [0.3, 0.4) is 0 Å². The number of nitrogens with zero attached hydrogens (tertiary/aromatic N) is 2. The molecule has 8 rings (SSSR count). The van der Waals surface area contributed by atoms with Crippen molar-refractivity contribution in [2.45, 2.75) is 86.0 Å². The lowest BCUT2D eigenvalue weighted by atomic mass is 9.78. The van der Waals surface area contributed by atoms with Crippen LogP contribution in [0.15, 0.2) is 188 Å². The summed E-state index contributed by atoms with van der Waals surface area (Å²) in [6.45, 7) is 15.4. The first-order chi connectivity index (χ1) is 29.0. The van der Waals surface area contributed by atoms with Gasteiger partial charge in [-0.05, 0) is 118 Å². The molecular weight excluding hydrogens is 713 g/mol. The molecule has 0 aliphatic rings. The Morgan fingerprint density at radius 1 is 0.390 bits per heavy atom. The van der Waals surface area contributed by atoms with Gasteiger partial charge in [-0.1, -0.05) is 189 Å². The molecule has 0 aliphatic carbocycles. The summed E-state index contributed by atoms with van der Waals surface area (Å²) >= 11 is 0. The van der Waals surface area contributed by atoms with Crippen molar-refractivity contribution >= 4 is 55.7 Å². The zero-order valence-electron chi connectivity index (χ0n) is 36.3. The molecule has 0 fully saturated rings. The van der Waals surface area contributed by atoms with E-state index in [1.165, 1.54) is 63.2 Å². The number of benzene rings is 8. The van der Waals surface area contributed by atoms with Crippen LogP contribution < -0.4 is 9.80 Å². The number of rotatable bonds is 12. The Bertz CT molecular complexity index is 2470. The van der Waals surface area contributed by atoms with Gasteiger partial charge in [-0.15, -0.1) is 0 Å².